The number of esters is 1. The molecule has 26 heavy (non-hydrogen) atoms. The molecule has 8 nitrogen and oxygen atoms in total. The highest BCUT2D eigenvalue weighted by Crippen LogP contribution is 2.15. The fraction of sp³-hybridized carbons (Fsp3) is 0.333. The van der Waals surface area contributed by atoms with Gasteiger partial charge in [-0.3, -0.25) is 4.79 Å². The maximum absolute atomic E-state index is 12.1. The summed E-state index contributed by atoms with van der Waals surface area (Å²) in [7, 11) is 1.34. The summed E-state index contributed by atoms with van der Waals surface area (Å²) in [6.07, 6.45) is 2.08. The Labute approximate surface area is 150 Å². The van der Waals surface area contributed by atoms with E-state index in [0.717, 1.165) is 25.1 Å². The Morgan fingerprint density at radius 1 is 1.19 bits per heavy atom. The molecule has 2 aromatic rings. The minimum Gasteiger partial charge on any atom is -0.465 e. The number of aromatic nitrogens is 2. The molecule has 0 radical (unpaired) electrons. The van der Waals surface area contributed by atoms with Gasteiger partial charge in [-0.15, -0.1) is 10.2 Å². The van der Waals surface area contributed by atoms with Gasteiger partial charge in [-0.05, 0) is 49.2 Å². The van der Waals surface area contributed by atoms with Gasteiger partial charge in [0.25, 0.3) is 5.91 Å². The summed E-state index contributed by atoms with van der Waals surface area (Å²) in [5, 5.41) is 13.8. The Balaban J connectivity index is 1.55. The molecule has 0 aliphatic carbocycles. The highest BCUT2D eigenvalue weighted by Gasteiger charge is 2.17. The van der Waals surface area contributed by atoms with Crippen LogP contribution < -0.4 is 10.6 Å². The first-order valence-electron chi connectivity index (χ1n) is 8.34. The molecule has 0 spiro atoms. The van der Waals surface area contributed by atoms with Crippen molar-refractivity contribution in [3.05, 3.63) is 47.7 Å². The zero-order valence-electron chi connectivity index (χ0n) is 14.4. The van der Waals surface area contributed by atoms with Crippen molar-refractivity contribution >= 4 is 23.4 Å². The van der Waals surface area contributed by atoms with E-state index in [1.807, 2.05) is 0 Å². The van der Waals surface area contributed by atoms with E-state index in [-0.39, 0.29) is 17.7 Å². The summed E-state index contributed by atoms with van der Waals surface area (Å²) < 4.78 is 10.1. The monoisotopic (exact) mass is 356 g/mol. The second kappa shape index (κ2) is 8.39. The molecule has 2 N–H and O–H groups in total. The summed E-state index contributed by atoms with van der Waals surface area (Å²) in [6.45, 7) is 1.23. The molecule has 1 atom stereocenters. The molecule has 1 aliphatic rings. The van der Waals surface area contributed by atoms with Crippen LogP contribution in [0.25, 0.3) is 0 Å². The summed E-state index contributed by atoms with van der Waals surface area (Å²) >= 11 is 0. The molecule has 0 bridgehead atoms. The van der Waals surface area contributed by atoms with E-state index in [9.17, 15) is 9.59 Å². The van der Waals surface area contributed by atoms with Gasteiger partial charge in [0, 0.05) is 18.8 Å². The standard InChI is InChI=1S/C18H20N4O4/c1-25-18(24)12-4-6-13(7-5-12)20-16-9-8-15(21-22-16)17(23)19-11-14-3-2-10-26-14/h4-9,14H,2-3,10-11H2,1H3,(H,19,23)(H,20,22). The Kier molecular flexibility index (Phi) is 5.75. The van der Waals surface area contributed by atoms with E-state index >= 15 is 0 Å². The largest absolute Gasteiger partial charge is 0.465 e. The second-order valence-electron chi connectivity index (χ2n) is 5.84. The molecule has 1 fully saturated rings. The van der Waals surface area contributed by atoms with Crippen LogP contribution in [0.15, 0.2) is 36.4 Å². The van der Waals surface area contributed by atoms with Gasteiger partial charge in [0.1, 0.15) is 0 Å². The number of benzene rings is 1. The third-order valence-electron chi connectivity index (χ3n) is 3.99. The predicted octanol–water partition coefficient (Wildman–Crippen LogP) is 1.92. The van der Waals surface area contributed by atoms with E-state index in [0.29, 0.717) is 17.9 Å². The Hall–Kier alpha value is -3.00. The van der Waals surface area contributed by atoms with Crippen molar-refractivity contribution in [2.45, 2.75) is 18.9 Å². The second-order valence-corrected chi connectivity index (χ2v) is 5.84. The first-order chi connectivity index (χ1) is 12.7. The lowest BCUT2D eigenvalue weighted by Gasteiger charge is -2.10. The highest BCUT2D eigenvalue weighted by molar-refractivity contribution is 5.92. The van der Waals surface area contributed by atoms with Crippen molar-refractivity contribution in [1.29, 1.82) is 0 Å². The number of hydrogen-bond acceptors (Lipinski definition) is 7. The van der Waals surface area contributed by atoms with E-state index < -0.39 is 5.97 Å². The number of anilines is 2. The molecule has 1 unspecified atom stereocenters. The number of rotatable bonds is 6. The van der Waals surface area contributed by atoms with Crippen molar-refractivity contribution in [3.8, 4) is 0 Å². The average Bonchev–Trinajstić information content (AvgIpc) is 3.20. The van der Waals surface area contributed by atoms with Crippen molar-refractivity contribution in [3.63, 3.8) is 0 Å². The number of carbonyl (C=O) groups excluding carboxylic acids is 2. The van der Waals surface area contributed by atoms with Crippen LogP contribution in [0.5, 0.6) is 0 Å². The van der Waals surface area contributed by atoms with E-state index in [2.05, 4.69) is 25.6 Å². The Bertz CT molecular complexity index is 756. The SMILES string of the molecule is COC(=O)c1ccc(Nc2ccc(C(=O)NCC3CCCO3)nn2)cc1. The molecule has 1 amide bonds. The minimum absolute atomic E-state index is 0.0841. The fourth-order valence-electron chi connectivity index (χ4n) is 2.58. The van der Waals surface area contributed by atoms with Crippen LogP contribution in [0.4, 0.5) is 11.5 Å². The highest BCUT2D eigenvalue weighted by atomic mass is 16.5. The van der Waals surface area contributed by atoms with Crippen LogP contribution >= 0.6 is 0 Å². The van der Waals surface area contributed by atoms with Crippen molar-refractivity contribution in [2.24, 2.45) is 0 Å². The number of hydrogen-bond donors (Lipinski definition) is 2. The van der Waals surface area contributed by atoms with Crippen LogP contribution in [0.3, 0.4) is 0 Å². The zero-order valence-corrected chi connectivity index (χ0v) is 14.4. The van der Waals surface area contributed by atoms with Gasteiger partial charge in [0.05, 0.1) is 18.8 Å². The zero-order chi connectivity index (χ0) is 18.4. The third kappa shape index (κ3) is 4.54. The summed E-state index contributed by atoms with van der Waals surface area (Å²) in [5.74, 6) is -0.178. The Morgan fingerprint density at radius 2 is 2.00 bits per heavy atom. The van der Waals surface area contributed by atoms with Crippen LogP contribution in [0, 0.1) is 0 Å². The third-order valence-corrected chi connectivity index (χ3v) is 3.99. The number of amides is 1. The molecule has 1 aromatic heterocycles. The van der Waals surface area contributed by atoms with Gasteiger partial charge in [0.2, 0.25) is 0 Å². The number of carbonyl (C=O) groups is 2. The lowest BCUT2D eigenvalue weighted by molar-refractivity contribution is 0.0600. The van der Waals surface area contributed by atoms with Crippen LogP contribution in [0.1, 0.15) is 33.7 Å². The average molecular weight is 356 g/mol. The predicted molar refractivity (Wildman–Crippen MR) is 94.4 cm³/mol. The van der Waals surface area contributed by atoms with Gasteiger partial charge < -0.3 is 20.1 Å². The normalized spacial score (nSPS) is 16.1. The van der Waals surface area contributed by atoms with E-state index in [4.69, 9.17) is 4.74 Å². The molecular weight excluding hydrogens is 336 g/mol. The number of ether oxygens (including phenoxy) is 2. The van der Waals surface area contributed by atoms with Crippen LogP contribution in [0.2, 0.25) is 0 Å². The van der Waals surface area contributed by atoms with Crippen LogP contribution in [-0.4, -0.2) is 48.4 Å². The lowest BCUT2D eigenvalue weighted by Crippen LogP contribution is -2.32. The van der Waals surface area contributed by atoms with Crippen LogP contribution in [-0.2, 0) is 9.47 Å². The summed E-state index contributed by atoms with van der Waals surface area (Å²) in [4.78, 5) is 23.5. The molecular formula is C18H20N4O4. The van der Waals surface area contributed by atoms with Crippen molar-refractivity contribution < 1.29 is 19.1 Å². The smallest absolute Gasteiger partial charge is 0.337 e. The molecule has 1 saturated heterocycles. The minimum atomic E-state index is -0.394. The van der Waals surface area contributed by atoms with E-state index in [1.165, 1.54) is 7.11 Å². The first kappa shape index (κ1) is 17.8. The molecule has 136 valence electrons. The van der Waals surface area contributed by atoms with Gasteiger partial charge in [-0.2, -0.15) is 0 Å². The van der Waals surface area contributed by atoms with Gasteiger partial charge in [-0.25, -0.2) is 4.79 Å². The quantitative estimate of drug-likeness (QED) is 0.762. The van der Waals surface area contributed by atoms with Crippen molar-refractivity contribution in [2.75, 3.05) is 25.6 Å². The molecule has 3 rings (SSSR count). The Morgan fingerprint density at radius 3 is 2.62 bits per heavy atom. The van der Waals surface area contributed by atoms with Gasteiger partial charge in [0.15, 0.2) is 11.5 Å². The number of nitrogens with one attached hydrogen (secondary N) is 2. The summed E-state index contributed by atoms with van der Waals surface area (Å²) in [6, 6.07) is 10.0. The maximum Gasteiger partial charge on any atom is 0.337 e. The molecule has 0 saturated carbocycles. The number of nitrogens with zero attached hydrogens (tertiary/aromatic N) is 2. The maximum atomic E-state index is 12.1. The van der Waals surface area contributed by atoms with Gasteiger partial charge in [-0.1, -0.05) is 0 Å². The first-order valence-corrected chi connectivity index (χ1v) is 8.34. The van der Waals surface area contributed by atoms with Gasteiger partial charge >= 0.3 is 5.97 Å². The molecule has 8 heteroatoms. The van der Waals surface area contributed by atoms with Crippen molar-refractivity contribution in [1.82, 2.24) is 15.5 Å². The molecule has 1 aromatic carbocycles. The lowest BCUT2D eigenvalue weighted by atomic mass is 10.2. The topological polar surface area (TPSA) is 102 Å². The summed E-state index contributed by atoms with van der Waals surface area (Å²) in [5.41, 5.74) is 1.44. The fourth-order valence-corrected chi connectivity index (χ4v) is 2.58. The van der Waals surface area contributed by atoms with E-state index in [1.54, 1.807) is 36.4 Å². The number of methoxy groups -OCH3 is 1. The molecule has 2 heterocycles. The molecule has 1 aliphatic heterocycles.